The predicted octanol–water partition coefficient (Wildman–Crippen LogP) is -0.501. The lowest BCUT2D eigenvalue weighted by molar-refractivity contribution is -0.765. The molecule has 78 valence electrons. The maximum atomic E-state index is 10.9. The van der Waals surface area contributed by atoms with Crippen LogP contribution in [0.25, 0.3) is 0 Å². The first kappa shape index (κ1) is 9.64. The summed E-state index contributed by atoms with van der Waals surface area (Å²) in [5.41, 5.74) is 0.0108. The van der Waals surface area contributed by atoms with Crippen LogP contribution < -0.4 is 14.9 Å². The summed E-state index contributed by atoms with van der Waals surface area (Å²) in [6.45, 7) is 5.14. The number of aromatic nitrogens is 2. The molecule has 0 spiro atoms. The molecule has 1 aromatic rings. The Morgan fingerprint density at radius 2 is 2.50 bits per heavy atom. The molecule has 0 saturated carbocycles. The van der Waals surface area contributed by atoms with Crippen molar-refractivity contribution in [3.63, 3.8) is 0 Å². The minimum Gasteiger partial charge on any atom is -0.539 e. The normalized spacial score (nSPS) is 21.1. The molecule has 0 bridgehead atoms. The average Bonchev–Trinajstić information content (AvgIpc) is 2.51. The van der Waals surface area contributed by atoms with E-state index in [0.717, 1.165) is 18.1 Å². The SMILES string of the molecule is CC1(C)CSCCN1[n+]1cc([O-])on1. The Morgan fingerprint density at radius 1 is 1.71 bits per heavy atom. The Kier molecular flexibility index (Phi) is 2.30. The third-order valence-electron chi connectivity index (χ3n) is 2.28. The molecule has 0 radical (unpaired) electrons. The zero-order valence-electron chi connectivity index (χ0n) is 8.27. The van der Waals surface area contributed by atoms with Crippen LogP contribution in [0.2, 0.25) is 0 Å². The highest BCUT2D eigenvalue weighted by Gasteiger charge is 2.37. The van der Waals surface area contributed by atoms with E-state index in [-0.39, 0.29) is 5.54 Å². The number of hydrogen-bond acceptors (Lipinski definition) is 5. The van der Waals surface area contributed by atoms with Gasteiger partial charge in [-0.1, -0.05) is 0 Å². The van der Waals surface area contributed by atoms with Gasteiger partial charge in [-0.05, 0) is 13.8 Å². The molecule has 14 heavy (non-hydrogen) atoms. The molecule has 0 amide bonds. The van der Waals surface area contributed by atoms with E-state index in [1.807, 2.05) is 11.8 Å². The molecule has 1 aliphatic rings. The molecule has 1 aliphatic heterocycles. The first-order valence-corrected chi connectivity index (χ1v) is 5.66. The van der Waals surface area contributed by atoms with Gasteiger partial charge in [0.25, 0.3) is 6.20 Å². The van der Waals surface area contributed by atoms with Gasteiger partial charge in [-0.2, -0.15) is 11.8 Å². The molecule has 0 aliphatic carbocycles. The van der Waals surface area contributed by atoms with Crippen molar-refractivity contribution in [3.8, 4) is 5.95 Å². The van der Waals surface area contributed by atoms with E-state index in [2.05, 4.69) is 28.7 Å². The summed E-state index contributed by atoms with van der Waals surface area (Å²) >= 11 is 1.92. The number of nitrogens with zero attached hydrogens (tertiary/aromatic N) is 3. The van der Waals surface area contributed by atoms with Gasteiger partial charge in [0, 0.05) is 16.3 Å². The number of rotatable bonds is 1. The van der Waals surface area contributed by atoms with Crippen LogP contribution in [0.15, 0.2) is 10.7 Å². The number of thioether (sulfide) groups is 1. The van der Waals surface area contributed by atoms with Crippen LogP contribution in [-0.2, 0) is 0 Å². The van der Waals surface area contributed by atoms with E-state index in [0.29, 0.717) is 0 Å². The van der Waals surface area contributed by atoms with Crippen LogP contribution in [0.3, 0.4) is 0 Å². The van der Waals surface area contributed by atoms with Crippen LogP contribution >= 0.6 is 11.8 Å². The molecular formula is C8H13N3O2S. The van der Waals surface area contributed by atoms with Crippen LogP contribution in [-0.4, -0.2) is 28.9 Å². The Hall–Kier alpha value is -0.910. The molecule has 6 heteroatoms. The van der Waals surface area contributed by atoms with Crippen molar-refractivity contribution < 1.29 is 14.4 Å². The van der Waals surface area contributed by atoms with Crippen LogP contribution in [0.5, 0.6) is 5.95 Å². The first-order chi connectivity index (χ1) is 6.59. The van der Waals surface area contributed by atoms with Gasteiger partial charge in [-0.15, -0.1) is 5.01 Å². The molecule has 1 saturated heterocycles. The largest absolute Gasteiger partial charge is 0.539 e. The van der Waals surface area contributed by atoms with Gasteiger partial charge < -0.3 is 9.63 Å². The molecule has 5 nitrogen and oxygen atoms in total. The van der Waals surface area contributed by atoms with Crippen molar-refractivity contribution in [2.45, 2.75) is 19.4 Å². The summed E-state index contributed by atoms with van der Waals surface area (Å²) in [6, 6.07) is 0. The Labute approximate surface area is 86.6 Å². The third-order valence-corrected chi connectivity index (χ3v) is 3.67. The van der Waals surface area contributed by atoms with E-state index >= 15 is 0 Å². The first-order valence-electron chi connectivity index (χ1n) is 4.51. The zero-order chi connectivity index (χ0) is 10.2. The van der Waals surface area contributed by atoms with Gasteiger partial charge in [-0.25, -0.2) is 0 Å². The summed E-state index contributed by atoms with van der Waals surface area (Å²) in [7, 11) is 0. The van der Waals surface area contributed by atoms with Crippen molar-refractivity contribution in [1.82, 2.24) is 5.27 Å². The maximum absolute atomic E-state index is 10.9. The summed E-state index contributed by atoms with van der Waals surface area (Å²) in [6.07, 6.45) is 1.37. The van der Waals surface area contributed by atoms with Crippen molar-refractivity contribution in [3.05, 3.63) is 6.20 Å². The fraction of sp³-hybridized carbons (Fsp3) is 0.750. The van der Waals surface area contributed by atoms with Crippen LogP contribution in [0.1, 0.15) is 13.8 Å². The second-order valence-electron chi connectivity index (χ2n) is 3.93. The maximum Gasteiger partial charge on any atom is 0.255 e. The van der Waals surface area contributed by atoms with E-state index < -0.39 is 5.95 Å². The zero-order valence-corrected chi connectivity index (χ0v) is 9.08. The van der Waals surface area contributed by atoms with Gasteiger partial charge in [-0.3, -0.25) is 0 Å². The lowest BCUT2D eigenvalue weighted by Gasteiger charge is -2.35. The summed E-state index contributed by atoms with van der Waals surface area (Å²) < 4.78 is 4.52. The molecule has 2 heterocycles. The van der Waals surface area contributed by atoms with Crippen molar-refractivity contribution in [1.29, 1.82) is 0 Å². The highest BCUT2D eigenvalue weighted by atomic mass is 32.2. The summed E-state index contributed by atoms with van der Waals surface area (Å²) in [5.74, 6) is 1.68. The predicted molar refractivity (Wildman–Crippen MR) is 50.6 cm³/mol. The molecule has 0 unspecified atom stereocenters. The van der Waals surface area contributed by atoms with Gasteiger partial charge >= 0.3 is 0 Å². The quantitative estimate of drug-likeness (QED) is 0.591. The van der Waals surface area contributed by atoms with E-state index in [1.54, 1.807) is 0 Å². The summed E-state index contributed by atoms with van der Waals surface area (Å²) in [4.78, 5) is 1.52. The van der Waals surface area contributed by atoms with Gasteiger partial charge in [0.1, 0.15) is 10.8 Å². The topological polar surface area (TPSA) is 56.2 Å². The van der Waals surface area contributed by atoms with Gasteiger partial charge in [0.05, 0.1) is 6.54 Å². The fourth-order valence-electron chi connectivity index (χ4n) is 1.57. The fourth-order valence-corrected chi connectivity index (χ4v) is 2.66. The smallest absolute Gasteiger partial charge is 0.255 e. The lowest BCUT2D eigenvalue weighted by atomic mass is 10.1. The Balaban J connectivity index is 2.23. The minimum absolute atomic E-state index is 0.0108. The van der Waals surface area contributed by atoms with E-state index in [1.165, 1.54) is 11.0 Å². The Bertz CT molecular complexity index is 326. The highest BCUT2D eigenvalue weighted by molar-refractivity contribution is 7.99. The molecular weight excluding hydrogens is 202 g/mol. The van der Waals surface area contributed by atoms with E-state index in [9.17, 15) is 5.11 Å². The van der Waals surface area contributed by atoms with Gasteiger partial charge in [0.15, 0.2) is 5.95 Å². The second-order valence-corrected chi connectivity index (χ2v) is 5.03. The van der Waals surface area contributed by atoms with Crippen molar-refractivity contribution in [2.75, 3.05) is 23.1 Å². The van der Waals surface area contributed by atoms with Gasteiger partial charge in [0.2, 0.25) is 0 Å². The van der Waals surface area contributed by atoms with Crippen molar-refractivity contribution >= 4 is 11.8 Å². The third kappa shape index (κ3) is 1.66. The number of hydrogen-bond donors (Lipinski definition) is 0. The van der Waals surface area contributed by atoms with Crippen LogP contribution in [0, 0.1) is 0 Å². The Morgan fingerprint density at radius 3 is 3.07 bits per heavy atom. The molecule has 0 atom stereocenters. The summed E-state index contributed by atoms with van der Waals surface area (Å²) in [5, 5.41) is 16.6. The molecule has 0 N–H and O–H groups in total. The minimum atomic E-state index is -0.404. The molecule has 1 aromatic heterocycles. The highest BCUT2D eigenvalue weighted by Crippen LogP contribution is 2.22. The molecule has 0 aromatic carbocycles. The van der Waals surface area contributed by atoms with Crippen LogP contribution in [0.4, 0.5) is 0 Å². The monoisotopic (exact) mass is 215 g/mol. The molecule has 1 fully saturated rings. The van der Waals surface area contributed by atoms with Crippen molar-refractivity contribution in [2.24, 2.45) is 0 Å². The lowest BCUT2D eigenvalue weighted by Crippen LogP contribution is -2.70. The average molecular weight is 215 g/mol. The standard InChI is InChI=1S/C8H13N3O2S/c1-8(2)6-14-4-3-10(8)11-5-7(12)13-9-11/h5H,3-4,6H2,1-2H3. The van der Waals surface area contributed by atoms with E-state index in [4.69, 9.17) is 0 Å². The molecule has 2 rings (SSSR count). The second kappa shape index (κ2) is 3.34.